The third kappa shape index (κ3) is 3.10. The van der Waals surface area contributed by atoms with Crippen molar-refractivity contribution in [3.8, 4) is 5.75 Å². The molecule has 1 unspecified atom stereocenters. The van der Waals surface area contributed by atoms with E-state index in [1.54, 1.807) is 13.3 Å². The first-order chi connectivity index (χ1) is 9.95. The van der Waals surface area contributed by atoms with Crippen LogP contribution >= 0.6 is 0 Å². The van der Waals surface area contributed by atoms with Crippen molar-refractivity contribution in [2.75, 3.05) is 7.11 Å². The summed E-state index contributed by atoms with van der Waals surface area (Å²) in [7, 11) is 1.65. The molecule has 0 amide bonds. The molecule has 1 heterocycles. The summed E-state index contributed by atoms with van der Waals surface area (Å²) < 4.78 is 7.35. The Balaban J connectivity index is 2.39. The lowest BCUT2D eigenvalue weighted by atomic mass is 9.98. The largest absolute Gasteiger partial charge is 0.493 e. The Morgan fingerprint density at radius 3 is 2.10 bits per heavy atom. The molecule has 21 heavy (non-hydrogen) atoms. The molecule has 0 saturated carbocycles. The SMILES string of the molecule is COc1cnn(C(C)C)c1C(N)c1ccc(C(C)C)cc1. The molecule has 1 aromatic carbocycles. The maximum atomic E-state index is 6.46. The fraction of sp³-hybridized carbons (Fsp3) is 0.471. The van der Waals surface area contributed by atoms with E-state index in [0.29, 0.717) is 5.92 Å². The summed E-state index contributed by atoms with van der Waals surface area (Å²) in [5.74, 6) is 1.26. The topological polar surface area (TPSA) is 53.1 Å². The van der Waals surface area contributed by atoms with Crippen molar-refractivity contribution in [2.45, 2.75) is 45.7 Å². The minimum Gasteiger partial charge on any atom is -0.493 e. The normalized spacial score (nSPS) is 13.0. The van der Waals surface area contributed by atoms with Crippen molar-refractivity contribution in [1.82, 2.24) is 9.78 Å². The van der Waals surface area contributed by atoms with Crippen molar-refractivity contribution >= 4 is 0 Å². The fourth-order valence-corrected chi connectivity index (χ4v) is 2.47. The molecule has 0 aliphatic rings. The van der Waals surface area contributed by atoms with Crippen LogP contribution < -0.4 is 10.5 Å². The van der Waals surface area contributed by atoms with Crippen molar-refractivity contribution in [3.05, 3.63) is 47.3 Å². The van der Waals surface area contributed by atoms with Gasteiger partial charge in [0.2, 0.25) is 0 Å². The van der Waals surface area contributed by atoms with Crippen LogP contribution in [0.1, 0.15) is 62.5 Å². The van der Waals surface area contributed by atoms with Crippen LogP contribution in [0.15, 0.2) is 30.5 Å². The van der Waals surface area contributed by atoms with Gasteiger partial charge >= 0.3 is 0 Å². The highest BCUT2D eigenvalue weighted by Gasteiger charge is 2.21. The number of hydrogen-bond donors (Lipinski definition) is 1. The summed E-state index contributed by atoms with van der Waals surface area (Å²) in [6, 6.07) is 8.47. The average molecular weight is 287 g/mol. The van der Waals surface area contributed by atoms with E-state index >= 15 is 0 Å². The van der Waals surface area contributed by atoms with Crippen molar-refractivity contribution < 1.29 is 4.74 Å². The van der Waals surface area contributed by atoms with Gasteiger partial charge in [-0.3, -0.25) is 4.68 Å². The zero-order chi connectivity index (χ0) is 15.6. The predicted octanol–water partition coefficient (Wildman–Crippen LogP) is 3.64. The number of aromatic nitrogens is 2. The molecule has 0 bridgehead atoms. The Hall–Kier alpha value is -1.81. The lowest BCUT2D eigenvalue weighted by Crippen LogP contribution is -2.19. The molecular weight excluding hydrogens is 262 g/mol. The molecule has 114 valence electrons. The fourth-order valence-electron chi connectivity index (χ4n) is 2.47. The predicted molar refractivity (Wildman–Crippen MR) is 85.7 cm³/mol. The Morgan fingerprint density at radius 1 is 1.05 bits per heavy atom. The van der Waals surface area contributed by atoms with Gasteiger partial charge in [0.1, 0.15) is 5.69 Å². The molecular formula is C17H25N3O. The number of ether oxygens (including phenoxy) is 1. The Morgan fingerprint density at radius 2 is 1.62 bits per heavy atom. The number of methoxy groups -OCH3 is 1. The highest BCUT2D eigenvalue weighted by molar-refractivity contribution is 5.37. The van der Waals surface area contributed by atoms with Crippen molar-refractivity contribution in [2.24, 2.45) is 5.73 Å². The van der Waals surface area contributed by atoms with E-state index in [2.05, 4.69) is 57.1 Å². The number of nitrogens with zero attached hydrogens (tertiary/aromatic N) is 2. The van der Waals surface area contributed by atoms with Gasteiger partial charge < -0.3 is 10.5 Å². The van der Waals surface area contributed by atoms with Crippen LogP contribution in [-0.2, 0) is 0 Å². The second-order valence-electron chi connectivity index (χ2n) is 5.94. The van der Waals surface area contributed by atoms with Gasteiger partial charge in [-0.25, -0.2) is 0 Å². The summed E-state index contributed by atoms with van der Waals surface area (Å²) >= 11 is 0. The molecule has 0 aliphatic carbocycles. The lowest BCUT2D eigenvalue weighted by Gasteiger charge is -2.19. The van der Waals surface area contributed by atoms with Crippen LogP contribution in [0.3, 0.4) is 0 Å². The Labute approximate surface area is 126 Å². The van der Waals surface area contributed by atoms with Gasteiger partial charge in [0, 0.05) is 6.04 Å². The number of rotatable bonds is 5. The van der Waals surface area contributed by atoms with E-state index in [1.165, 1.54) is 5.56 Å². The molecule has 1 atom stereocenters. The number of hydrogen-bond acceptors (Lipinski definition) is 3. The van der Waals surface area contributed by atoms with E-state index in [-0.39, 0.29) is 12.1 Å². The molecule has 0 spiro atoms. The van der Waals surface area contributed by atoms with Gasteiger partial charge in [0.05, 0.1) is 19.3 Å². The van der Waals surface area contributed by atoms with Crippen LogP contribution in [0.5, 0.6) is 5.75 Å². The summed E-state index contributed by atoms with van der Waals surface area (Å²) in [6.07, 6.45) is 1.73. The summed E-state index contributed by atoms with van der Waals surface area (Å²) in [5, 5.41) is 4.39. The molecule has 2 aromatic rings. The van der Waals surface area contributed by atoms with Crippen molar-refractivity contribution in [3.63, 3.8) is 0 Å². The van der Waals surface area contributed by atoms with E-state index < -0.39 is 0 Å². The minimum atomic E-state index is -0.244. The van der Waals surface area contributed by atoms with Gasteiger partial charge in [-0.05, 0) is 30.9 Å². The van der Waals surface area contributed by atoms with Gasteiger partial charge in [0.25, 0.3) is 0 Å². The monoisotopic (exact) mass is 287 g/mol. The smallest absolute Gasteiger partial charge is 0.161 e. The third-order valence-corrected chi connectivity index (χ3v) is 3.76. The summed E-state index contributed by atoms with van der Waals surface area (Å²) in [4.78, 5) is 0. The van der Waals surface area contributed by atoms with Gasteiger partial charge in [-0.15, -0.1) is 0 Å². The highest BCUT2D eigenvalue weighted by Crippen LogP contribution is 2.30. The van der Waals surface area contributed by atoms with Crippen LogP contribution in [0, 0.1) is 0 Å². The lowest BCUT2D eigenvalue weighted by molar-refractivity contribution is 0.401. The third-order valence-electron chi connectivity index (χ3n) is 3.76. The summed E-state index contributed by atoms with van der Waals surface area (Å²) in [6.45, 7) is 8.55. The first kappa shape index (κ1) is 15.6. The van der Waals surface area contributed by atoms with Gasteiger partial charge in [0.15, 0.2) is 5.75 Å². The second-order valence-corrected chi connectivity index (χ2v) is 5.94. The zero-order valence-electron chi connectivity index (χ0n) is 13.5. The molecule has 0 radical (unpaired) electrons. The van der Waals surface area contributed by atoms with Crippen molar-refractivity contribution in [1.29, 1.82) is 0 Å². The first-order valence-corrected chi connectivity index (χ1v) is 7.42. The van der Waals surface area contributed by atoms with Crippen LogP contribution in [0.4, 0.5) is 0 Å². The van der Waals surface area contributed by atoms with E-state index in [9.17, 15) is 0 Å². The Bertz CT molecular complexity index is 585. The van der Waals surface area contributed by atoms with E-state index in [1.807, 2.05) is 4.68 Å². The maximum Gasteiger partial charge on any atom is 0.161 e. The number of benzene rings is 1. The zero-order valence-corrected chi connectivity index (χ0v) is 13.5. The highest BCUT2D eigenvalue weighted by atomic mass is 16.5. The molecule has 0 aliphatic heterocycles. The van der Waals surface area contributed by atoms with Crippen LogP contribution in [-0.4, -0.2) is 16.9 Å². The number of nitrogens with two attached hydrogens (primary N) is 1. The quantitative estimate of drug-likeness (QED) is 0.913. The van der Waals surface area contributed by atoms with Crippen LogP contribution in [0.25, 0.3) is 0 Å². The molecule has 2 N–H and O–H groups in total. The summed E-state index contributed by atoms with van der Waals surface area (Å²) in [5.41, 5.74) is 9.77. The standard InChI is InChI=1S/C17H25N3O/c1-11(2)13-6-8-14(9-7-13)16(18)17-15(21-5)10-19-20(17)12(3)4/h6-12,16H,18H2,1-5H3. The average Bonchev–Trinajstić information content (AvgIpc) is 2.90. The van der Waals surface area contributed by atoms with Gasteiger partial charge in [-0.1, -0.05) is 38.1 Å². The molecule has 2 rings (SSSR count). The van der Waals surface area contributed by atoms with E-state index in [0.717, 1.165) is 17.0 Å². The minimum absolute atomic E-state index is 0.241. The molecule has 4 nitrogen and oxygen atoms in total. The Kier molecular flexibility index (Phi) is 4.68. The molecule has 4 heteroatoms. The molecule has 1 aromatic heterocycles. The van der Waals surface area contributed by atoms with Gasteiger partial charge in [-0.2, -0.15) is 5.10 Å². The molecule has 0 fully saturated rings. The second kappa shape index (κ2) is 6.31. The maximum absolute atomic E-state index is 6.46. The van der Waals surface area contributed by atoms with Crippen LogP contribution in [0.2, 0.25) is 0 Å². The molecule has 0 saturated heterocycles. The first-order valence-electron chi connectivity index (χ1n) is 7.42. The van der Waals surface area contributed by atoms with E-state index in [4.69, 9.17) is 10.5 Å².